The van der Waals surface area contributed by atoms with E-state index in [0.29, 0.717) is 0 Å². The summed E-state index contributed by atoms with van der Waals surface area (Å²) in [6, 6.07) is 3.16. The average molecular weight is 276 g/mol. The van der Waals surface area contributed by atoms with Crippen molar-refractivity contribution in [1.82, 2.24) is 9.97 Å². The monoisotopic (exact) mass is 276 g/mol. The highest BCUT2D eigenvalue weighted by Crippen LogP contribution is 2.22. The number of nitrogens with one attached hydrogen (secondary N) is 1. The highest BCUT2D eigenvalue weighted by Gasteiger charge is 2.38. The van der Waals surface area contributed by atoms with E-state index < -0.39 is 30.1 Å². The summed E-state index contributed by atoms with van der Waals surface area (Å²) in [7, 11) is 0. The van der Waals surface area contributed by atoms with Crippen LogP contribution in [0.1, 0.15) is 5.82 Å². The third-order valence-electron chi connectivity index (χ3n) is 2.48. The molecular weight excluding hydrogens is 268 g/mol. The molecule has 0 saturated heterocycles. The number of nitrogens with zero attached hydrogens (tertiary/aromatic N) is 1. The van der Waals surface area contributed by atoms with Crippen molar-refractivity contribution in [2.45, 2.75) is 18.7 Å². The van der Waals surface area contributed by atoms with Crippen LogP contribution in [0.25, 0.3) is 10.9 Å². The first kappa shape index (κ1) is 13.5. The van der Waals surface area contributed by atoms with Gasteiger partial charge in [-0.15, -0.1) is 0 Å². The number of hydrogen-bond donors (Lipinski definition) is 2. The molecule has 0 saturated carbocycles. The zero-order valence-corrected chi connectivity index (χ0v) is 9.33. The summed E-state index contributed by atoms with van der Waals surface area (Å²) in [5.41, 5.74) is -0.691. The van der Waals surface area contributed by atoms with Crippen molar-refractivity contribution in [3.05, 3.63) is 40.2 Å². The van der Waals surface area contributed by atoms with Gasteiger partial charge in [-0.05, 0) is 18.2 Å². The zero-order valence-electron chi connectivity index (χ0n) is 9.33. The number of aliphatic hydroxyl groups excluding tert-OH is 1. The van der Waals surface area contributed by atoms with Gasteiger partial charge in [-0.1, -0.05) is 0 Å². The lowest BCUT2D eigenvalue weighted by atomic mass is 10.2. The van der Waals surface area contributed by atoms with E-state index in [1.807, 2.05) is 0 Å². The van der Waals surface area contributed by atoms with Gasteiger partial charge < -0.3 is 10.1 Å². The number of alkyl halides is 3. The Balaban J connectivity index is 2.42. The van der Waals surface area contributed by atoms with Crippen LogP contribution in [-0.2, 0) is 6.42 Å². The third kappa shape index (κ3) is 2.90. The fourth-order valence-electron chi connectivity index (χ4n) is 1.55. The largest absolute Gasteiger partial charge is 0.414 e. The fourth-order valence-corrected chi connectivity index (χ4v) is 1.55. The van der Waals surface area contributed by atoms with Crippen LogP contribution in [-0.4, -0.2) is 27.4 Å². The maximum Gasteiger partial charge on any atom is 0.414 e. The highest BCUT2D eigenvalue weighted by atomic mass is 19.4. The molecule has 0 amide bonds. The number of aliphatic hydroxyl groups is 1. The van der Waals surface area contributed by atoms with Crippen molar-refractivity contribution in [3.63, 3.8) is 0 Å². The Morgan fingerprint density at radius 3 is 2.68 bits per heavy atom. The quantitative estimate of drug-likeness (QED) is 0.817. The number of rotatable bonds is 2. The van der Waals surface area contributed by atoms with Crippen LogP contribution < -0.4 is 5.56 Å². The summed E-state index contributed by atoms with van der Waals surface area (Å²) in [6.07, 6.45) is -8.28. The normalized spacial score (nSPS) is 13.7. The van der Waals surface area contributed by atoms with Crippen LogP contribution in [0.3, 0.4) is 0 Å². The standard InChI is InChI=1S/C11H8F4N2O2/c12-5-1-2-7-6(3-5)10(19)17-9(16-7)4-8(18)11(13,14)15/h1-3,8,18H,4H2,(H,16,17,19)/t8-/m1/s1. The Morgan fingerprint density at radius 1 is 1.37 bits per heavy atom. The summed E-state index contributed by atoms with van der Waals surface area (Å²) in [6.45, 7) is 0. The number of benzene rings is 1. The average Bonchev–Trinajstić information content (AvgIpc) is 2.29. The van der Waals surface area contributed by atoms with Crippen molar-refractivity contribution in [2.24, 2.45) is 0 Å². The molecule has 0 fully saturated rings. The SMILES string of the molecule is O=c1[nH]c(C[C@@H](O)C(F)(F)F)nc2ccc(F)cc12. The van der Waals surface area contributed by atoms with Crippen LogP contribution in [0, 0.1) is 5.82 Å². The predicted octanol–water partition coefficient (Wildman–Crippen LogP) is 1.53. The first-order valence-corrected chi connectivity index (χ1v) is 5.20. The van der Waals surface area contributed by atoms with Gasteiger partial charge in [0.2, 0.25) is 0 Å². The van der Waals surface area contributed by atoms with Gasteiger partial charge >= 0.3 is 6.18 Å². The van der Waals surface area contributed by atoms with E-state index in [1.54, 1.807) is 0 Å². The molecule has 0 aliphatic rings. The zero-order chi connectivity index (χ0) is 14.2. The molecule has 0 aliphatic heterocycles. The van der Waals surface area contributed by atoms with Crippen molar-refractivity contribution in [3.8, 4) is 0 Å². The summed E-state index contributed by atoms with van der Waals surface area (Å²) in [5.74, 6) is -0.961. The molecule has 0 radical (unpaired) electrons. The predicted molar refractivity (Wildman–Crippen MR) is 58.1 cm³/mol. The summed E-state index contributed by atoms with van der Waals surface area (Å²) < 4.78 is 49.5. The van der Waals surface area contributed by atoms with E-state index in [1.165, 1.54) is 6.07 Å². The minimum atomic E-state index is -4.80. The van der Waals surface area contributed by atoms with E-state index in [4.69, 9.17) is 5.11 Å². The molecule has 0 unspecified atom stereocenters. The molecule has 2 aromatic rings. The second-order valence-electron chi connectivity index (χ2n) is 3.94. The Kier molecular flexibility index (Phi) is 3.27. The van der Waals surface area contributed by atoms with E-state index >= 15 is 0 Å². The molecule has 1 aromatic heterocycles. The van der Waals surface area contributed by atoms with Gasteiger partial charge in [0, 0.05) is 6.42 Å². The number of fused-ring (bicyclic) bond motifs is 1. The minimum Gasteiger partial charge on any atom is -0.383 e. The molecule has 1 aromatic carbocycles. The lowest BCUT2D eigenvalue weighted by Gasteiger charge is -2.13. The van der Waals surface area contributed by atoms with Crippen LogP contribution in [0.15, 0.2) is 23.0 Å². The number of H-pyrrole nitrogens is 1. The van der Waals surface area contributed by atoms with Crippen molar-refractivity contribution in [2.75, 3.05) is 0 Å². The molecule has 2 rings (SSSR count). The third-order valence-corrected chi connectivity index (χ3v) is 2.48. The molecule has 2 N–H and O–H groups in total. The first-order chi connectivity index (χ1) is 8.77. The first-order valence-electron chi connectivity index (χ1n) is 5.20. The molecule has 0 spiro atoms. The summed E-state index contributed by atoms with van der Waals surface area (Å²) in [4.78, 5) is 17.4. The van der Waals surface area contributed by atoms with Gasteiger partial charge in [0.15, 0.2) is 6.10 Å². The molecule has 4 nitrogen and oxygen atoms in total. The van der Waals surface area contributed by atoms with Gasteiger partial charge in [0.25, 0.3) is 5.56 Å². The van der Waals surface area contributed by atoms with Gasteiger partial charge in [-0.2, -0.15) is 13.2 Å². The van der Waals surface area contributed by atoms with Crippen molar-refractivity contribution >= 4 is 10.9 Å². The maximum absolute atomic E-state index is 12.9. The van der Waals surface area contributed by atoms with E-state index in [-0.39, 0.29) is 16.7 Å². The molecule has 0 bridgehead atoms. The molecule has 1 atom stereocenters. The van der Waals surface area contributed by atoms with Gasteiger partial charge in [0.1, 0.15) is 11.6 Å². The van der Waals surface area contributed by atoms with E-state index in [9.17, 15) is 22.4 Å². The number of hydrogen-bond acceptors (Lipinski definition) is 3. The topological polar surface area (TPSA) is 66.0 Å². The molecule has 102 valence electrons. The number of aromatic amines is 1. The Morgan fingerprint density at radius 2 is 2.05 bits per heavy atom. The lowest BCUT2D eigenvalue weighted by Crippen LogP contribution is -2.31. The minimum absolute atomic E-state index is 0.0644. The van der Waals surface area contributed by atoms with Gasteiger partial charge in [-0.3, -0.25) is 4.79 Å². The maximum atomic E-state index is 12.9. The number of halogens is 4. The molecule has 0 aliphatic carbocycles. The highest BCUT2D eigenvalue weighted by molar-refractivity contribution is 5.77. The smallest absolute Gasteiger partial charge is 0.383 e. The van der Waals surface area contributed by atoms with E-state index in [2.05, 4.69) is 9.97 Å². The van der Waals surface area contributed by atoms with E-state index in [0.717, 1.165) is 12.1 Å². The molecule has 1 heterocycles. The molecule has 8 heteroatoms. The Hall–Kier alpha value is -1.96. The Labute approximate surface area is 103 Å². The summed E-state index contributed by atoms with van der Waals surface area (Å²) in [5, 5.41) is 8.83. The number of aromatic nitrogens is 2. The van der Waals surface area contributed by atoms with Crippen LogP contribution >= 0.6 is 0 Å². The lowest BCUT2D eigenvalue weighted by molar-refractivity contribution is -0.203. The molecular formula is C11H8F4N2O2. The van der Waals surface area contributed by atoms with Gasteiger partial charge in [-0.25, -0.2) is 9.37 Å². The fraction of sp³-hybridized carbons (Fsp3) is 0.273. The van der Waals surface area contributed by atoms with Crippen molar-refractivity contribution < 1.29 is 22.7 Å². The summed E-state index contributed by atoms with van der Waals surface area (Å²) >= 11 is 0. The van der Waals surface area contributed by atoms with Gasteiger partial charge in [0.05, 0.1) is 10.9 Å². The van der Waals surface area contributed by atoms with Crippen LogP contribution in [0.4, 0.5) is 17.6 Å². The van der Waals surface area contributed by atoms with Crippen molar-refractivity contribution in [1.29, 1.82) is 0 Å². The van der Waals surface area contributed by atoms with Crippen LogP contribution in [0.2, 0.25) is 0 Å². The second-order valence-corrected chi connectivity index (χ2v) is 3.94. The Bertz CT molecular complexity index is 666. The molecule has 19 heavy (non-hydrogen) atoms. The van der Waals surface area contributed by atoms with Crippen LogP contribution in [0.5, 0.6) is 0 Å². The second kappa shape index (κ2) is 4.61.